The van der Waals surface area contributed by atoms with Gasteiger partial charge in [-0.25, -0.2) is 9.97 Å². The molecular weight excluding hydrogens is 737 g/mol. The summed E-state index contributed by atoms with van der Waals surface area (Å²) in [7, 11) is 0. The monoisotopic (exact) mass is 776 g/mol. The molecule has 0 unspecified atom stereocenters. The minimum atomic E-state index is -0.161. The summed E-state index contributed by atoms with van der Waals surface area (Å²) in [6.07, 6.45) is 0. The molecule has 1 heterocycles. The number of fused-ring (bicyclic) bond motifs is 7. The Hall–Kier alpha value is -7.68. The zero-order chi connectivity index (χ0) is 40.7. The number of rotatable bonds is 5. The van der Waals surface area contributed by atoms with Gasteiger partial charge in [0.15, 0.2) is 5.82 Å². The summed E-state index contributed by atoms with van der Waals surface area (Å²) in [4.78, 5) is 10.5. The van der Waals surface area contributed by atoms with Crippen LogP contribution in [-0.4, -0.2) is 9.97 Å². The van der Waals surface area contributed by atoms with Crippen LogP contribution in [0.15, 0.2) is 206 Å². The van der Waals surface area contributed by atoms with E-state index in [1.807, 2.05) is 6.07 Å². The maximum absolute atomic E-state index is 5.29. The van der Waals surface area contributed by atoms with E-state index in [2.05, 4.69) is 214 Å². The molecule has 10 aromatic carbocycles. The molecule has 0 saturated carbocycles. The molecular formula is C59H40N2. The van der Waals surface area contributed by atoms with Gasteiger partial charge in [0.05, 0.1) is 11.4 Å². The van der Waals surface area contributed by atoms with Crippen molar-refractivity contribution in [2.24, 2.45) is 0 Å². The van der Waals surface area contributed by atoms with Crippen LogP contribution < -0.4 is 0 Å². The summed E-state index contributed by atoms with van der Waals surface area (Å²) in [5, 5.41) is 9.77. The fourth-order valence-electron chi connectivity index (χ4n) is 10.2. The summed E-state index contributed by atoms with van der Waals surface area (Å²) in [6, 6.07) is 74.9. The van der Waals surface area contributed by atoms with E-state index in [1.54, 1.807) is 0 Å². The van der Waals surface area contributed by atoms with Gasteiger partial charge in [-0.2, -0.15) is 0 Å². The van der Waals surface area contributed by atoms with Crippen LogP contribution in [0.5, 0.6) is 0 Å². The van der Waals surface area contributed by atoms with Crippen molar-refractivity contribution in [2.75, 3.05) is 0 Å². The Balaban J connectivity index is 1.03. The van der Waals surface area contributed by atoms with Crippen molar-refractivity contribution in [2.45, 2.75) is 19.3 Å². The van der Waals surface area contributed by atoms with Crippen LogP contribution in [-0.2, 0) is 5.41 Å². The van der Waals surface area contributed by atoms with Gasteiger partial charge < -0.3 is 0 Å². The number of nitrogens with zero attached hydrogens (tertiary/aromatic N) is 2. The summed E-state index contributed by atoms with van der Waals surface area (Å²) < 4.78 is 0. The zero-order valence-corrected chi connectivity index (χ0v) is 34.0. The van der Waals surface area contributed by atoms with E-state index in [0.29, 0.717) is 5.82 Å². The van der Waals surface area contributed by atoms with Crippen molar-refractivity contribution in [3.8, 4) is 67.3 Å². The maximum atomic E-state index is 5.29. The molecule has 0 saturated heterocycles. The van der Waals surface area contributed by atoms with E-state index in [4.69, 9.17) is 9.97 Å². The standard InChI is InChI=1S/C59H40N2/c1-59(2)54-35-40-20-7-6-19-39(40)34-53(54)52-29-15-28-51(57(52)59)48-31-30-46(42-23-10-11-24-43(42)48)47-32-33-50(45-26-13-12-25-44(45)47)56-36-55(60-58(61-56)38-17-4-3-5-18-38)49-27-14-21-37-16-8-9-22-41(37)49/h3-36H,1-2H3. The lowest BCUT2D eigenvalue weighted by molar-refractivity contribution is 0.663. The summed E-state index contributed by atoms with van der Waals surface area (Å²) in [5.41, 5.74) is 15.2. The molecule has 2 heteroatoms. The van der Waals surface area contributed by atoms with E-state index in [0.717, 1.165) is 33.5 Å². The largest absolute Gasteiger partial charge is 0.228 e. The van der Waals surface area contributed by atoms with Crippen LogP contribution >= 0.6 is 0 Å². The van der Waals surface area contributed by atoms with Crippen LogP contribution in [0, 0.1) is 0 Å². The molecule has 0 fully saturated rings. The number of hydrogen-bond donors (Lipinski definition) is 0. The molecule has 0 aliphatic heterocycles. The lowest BCUT2D eigenvalue weighted by Gasteiger charge is -2.25. The second-order valence-electron chi connectivity index (χ2n) is 16.9. The lowest BCUT2D eigenvalue weighted by atomic mass is 9.77. The van der Waals surface area contributed by atoms with E-state index in [9.17, 15) is 0 Å². The van der Waals surface area contributed by atoms with Gasteiger partial charge in [0.1, 0.15) is 0 Å². The first-order valence-corrected chi connectivity index (χ1v) is 21.2. The molecule has 0 N–H and O–H groups in total. The van der Waals surface area contributed by atoms with Crippen molar-refractivity contribution in [3.63, 3.8) is 0 Å². The molecule has 0 spiro atoms. The lowest BCUT2D eigenvalue weighted by Crippen LogP contribution is -2.16. The van der Waals surface area contributed by atoms with Crippen LogP contribution in [0.1, 0.15) is 25.0 Å². The summed E-state index contributed by atoms with van der Waals surface area (Å²) >= 11 is 0. The minimum Gasteiger partial charge on any atom is -0.228 e. The van der Waals surface area contributed by atoms with Crippen LogP contribution in [0.2, 0.25) is 0 Å². The van der Waals surface area contributed by atoms with Crippen LogP contribution in [0.4, 0.5) is 0 Å². The van der Waals surface area contributed by atoms with Gasteiger partial charge in [-0.15, -0.1) is 0 Å². The Morgan fingerprint density at radius 3 is 1.38 bits per heavy atom. The second kappa shape index (κ2) is 13.7. The SMILES string of the molecule is CC1(C)c2cc3ccccc3cc2-c2cccc(-c3ccc(-c4ccc(-c5cc(-c6cccc7ccccc67)nc(-c6ccccc6)n5)c5ccccc45)c4ccccc34)c21. The Labute approximate surface area is 355 Å². The first-order chi connectivity index (χ1) is 30.0. The number of aromatic nitrogens is 2. The summed E-state index contributed by atoms with van der Waals surface area (Å²) in [5.74, 6) is 0.711. The molecule has 0 bridgehead atoms. The molecule has 1 aliphatic rings. The average Bonchev–Trinajstić information content (AvgIpc) is 3.55. The molecule has 286 valence electrons. The number of benzene rings is 10. The third-order valence-corrected chi connectivity index (χ3v) is 13.1. The van der Waals surface area contributed by atoms with Crippen molar-refractivity contribution < 1.29 is 0 Å². The fraction of sp³-hybridized carbons (Fsp3) is 0.0508. The highest BCUT2D eigenvalue weighted by Gasteiger charge is 2.38. The highest BCUT2D eigenvalue weighted by atomic mass is 14.9. The van der Waals surface area contributed by atoms with E-state index in [-0.39, 0.29) is 5.41 Å². The molecule has 12 rings (SSSR count). The second-order valence-corrected chi connectivity index (χ2v) is 16.9. The predicted octanol–water partition coefficient (Wildman–Crippen LogP) is 15.7. The van der Waals surface area contributed by atoms with E-state index < -0.39 is 0 Å². The smallest absolute Gasteiger partial charge is 0.160 e. The molecule has 0 radical (unpaired) electrons. The zero-order valence-electron chi connectivity index (χ0n) is 34.0. The Kier molecular flexibility index (Phi) is 7.92. The van der Waals surface area contributed by atoms with Crippen LogP contribution in [0.25, 0.3) is 110 Å². The van der Waals surface area contributed by atoms with Crippen molar-refractivity contribution >= 4 is 43.1 Å². The van der Waals surface area contributed by atoms with Gasteiger partial charge in [0.25, 0.3) is 0 Å². The highest BCUT2D eigenvalue weighted by molar-refractivity contribution is 6.13. The molecule has 1 aromatic heterocycles. The normalized spacial score (nSPS) is 12.9. The van der Waals surface area contributed by atoms with Gasteiger partial charge in [-0.3, -0.25) is 0 Å². The molecule has 61 heavy (non-hydrogen) atoms. The van der Waals surface area contributed by atoms with Crippen LogP contribution in [0.3, 0.4) is 0 Å². The Morgan fingerprint density at radius 1 is 0.311 bits per heavy atom. The molecule has 1 aliphatic carbocycles. The van der Waals surface area contributed by atoms with E-state index >= 15 is 0 Å². The van der Waals surface area contributed by atoms with Crippen molar-refractivity contribution in [3.05, 3.63) is 217 Å². The molecule has 2 nitrogen and oxygen atoms in total. The summed E-state index contributed by atoms with van der Waals surface area (Å²) in [6.45, 7) is 4.79. The Bertz CT molecular complexity index is 3560. The first kappa shape index (κ1) is 35.3. The van der Waals surface area contributed by atoms with Gasteiger partial charge >= 0.3 is 0 Å². The molecule has 0 atom stereocenters. The van der Waals surface area contributed by atoms with Gasteiger partial charge in [-0.05, 0) is 106 Å². The number of hydrogen-bond acceptors (Lipinski definition) is 2. The van der Waals surface area contributed by atoms with Gasteiger partial charge in [0, 0.05) is 22.1 Å². The van der Waals surface area contributed by atoms with Crippen molar-refractivity contribution in [1.82, 2.24) is 9.97 Å². The Morgan fingerprint density at radius 2 is 0.738 bits per heavy atom. The fourth-order valence-corrected chi connectivity index (χ4v) is 10.2. The quantitative estimate of drug-likeness (QED) is 0.174. The predicted molar refractivity (Wildman–Crippen MR) is 257 cm³/mol. The third kappa shape index (κ3) is 5.56. The average molecular weight is 777 g/mol. The first-order valence-electron chi connectivity index (χ1n) is 21.2. The van der Waals surface area contributed by atoms with Crippen molar-refractivity contribution in [1.29, 1.82) is 0 Å². The third-order valence-electron chi connectivity index (χ3n) is 13.1. The minimum absolute atomic E-state index is 0.161. The van der Waals surface area contributed by atoms with E-state index in [1.165, 1.54) is 82.2 Å². The topological polar surface area (TPSA) is 25.8 Å². The maximum Gasteiger partial charge on any atom is 0.160 e. The van der Waals surface area contributed by atoms with Gasteiger partial charge in [0.2, 0.25) is 0 Å². The molecule has 0 amide bonds. The van der Waals surface area contributed by atoms with Gasteiger partial charge in [-0.1, -0.05) is 202 Å². The highest BCUT2D eigenvalue weighted by Crippen LogP contribution is 2.54. The molecule has 11 aromatic rings.